The fourth-order valence-electron chi connectivity index (χ4n) is 3.85. The first-order chi connectivity index (χ1) is 16.6. The second-order valence-corrected chi connectivity index (χ2v) is 8.29. The van der Waals surface area contributed by atoms with Crippen LogP contribution in [0.25, 0.3) is 28.0 Å². The third kappa shape index (κ3) is 4.46. The van der Waals surface area contributed by atoms with Gasteiger partial charge in [0.15, 0.2) is 5.65 Å². The number of pyridine rings is 1. The number of aromatic nitrogens is 5. The van der Waals surface area contributed by atoms with E-state index in [4.69, 9.17) is 22.3 Å². The van der Waals surface area contributed by atoms with Crippen molar-refractivity contribution in [2.75, 3.05) is 11.9 Å². The van der Waals surface area contributed by atoms with Crippen LogP contribution in [-0.4, -0.2) is 37.2 Å². The number of nitrogens with zero attached hydrogens (tertiary/aromatic N) is 5. The molecule has 0 aliphatic rings. The number of halogens is 2. The van der Waals surface area contributed by atoms with Gasteiger partial charge in [0.05, 0.1) is 16.3 Å². The Morgan fingerprint density at radius 2 is 1.82 bits per heavy atom. The number of anilines is 1. The summed E-state index contributed by atoms with van der Waals surface area (Å²) >= 11 is 6.10. The Balaban J connectivity index is 1.56. The summed E-state index contributed by atoms with van der Waals surface area (Å²) in [4.78, 5) is 9.01. The first-order valence-corrected chi connectivity index (χ1v) is 11.1. The lowest BCUT2D eigenvalue weighted by Gasteiger charge is -2.17. The Morgan fingerprint density at radius 1 is 1.03 bits per heavy atom. The van der Waals surface area contributed by atoms with Gasteiger partial charge in [0.1, 0.15) is 12.1 Å². The second-order valence-electron chi connectivity index (χ2n) is 7.88. The molecule has 0 unspecified atom stereocenters. The molecule has 5 rings (SSSR count). The predicted molar refractivity (Wildman–Crippen MR) is 131 cm³/mol. The Kier molecular flexibility index (Phi) is 6.16. The zero-order chi connectivity index (χ0) is 23.5. The monoisotopic (exact) mass is 473 g/mol. The van der Waals surface area contributed by atoms with Crippen LogP contribution in [0.2, 0.25) is 5.02 Å². The van der Waals surface area contributed by atoms with Crippen LogP contribution in [0.3, 0.4) is 0 Å². The number of nitrogens with one attached hydrogen (secondary N) is 1. The highest BCUT2D eigenvalue weighted by atomic mass is 35.5. The fourth-order valence-corrected chi connectivity index (χ4v) is 4.03. The van der Waals surface area contributed by atoms with Gasteiger partial charge >= 0.3 is 0 Å². The summed E-state index contributed by atoms with van der Waals surface area (Å²) in [7, 11) is 0. The van der Waals surface area contributed by atoms with Crippen LogP contribution >= 0.6 is 11.6 Å². The standard InChI is InChI=1S/C25H21ClFN7/c26-20-13-18(6-7-21(20)27)22-23(17-8-10-29-11-9-17)32-25(34-15-31-33-24(22)34)30-14-19(28)12-16-4-2-1-3-5-16/h1-11,13,15,19H,12,14,28H2,(H,30,32)/t19-/m0/s1. The lowest BCUT2D eigenvalue weighted by molar-refractivity contribution is 0.628. The molecular weight excluding hydrogens is 453 g/mol. The molecule has 0 amide bonds. The lowest BCUT2D eigenvalue weighted by Crippen LogP contribution is -2.32. The molecule has 3 N–H and O–H groups in total. The zero-order valence-electron chi connectivity index (χ0n) is 18.1. The Bertz CT molecular complexity index is 1420. The van der Waals surface area contributed by atoms with Gasteiger partial charge in [-0.15, -0.1) is 10.2 Å². The van der Waals surface area contributed by atoms with E-state index in [1.807, 2.05) is 30.3 Å². The van der Waals surface area contributed by atoms with Crippen LogP contribution < -0.4 is 11.1 Å². The summed E-state index contributed by atoms with van der Waals surface area (Å²) in [5.74, 6) is 0.0549. The van der Waals surface area contributed by atoms with E-state index in [1.54, 1.807) is 35.3 Å². The first-order valence-electron chi connectivity index (χ1n) is 10.7. The summed E-state index contributed by atoms with van der Waals surface area (Å²) in [5.41, 5.74) is 10.9. The maximum Gasteiger partial charge on any atom is 0.210 e. The van der Waals surface area contributed by atoms with Crippen molar-refractivity contribution >= 4 is 23.2 Å². The van der Waals surface area contributed by atoms with E-state index in [2.05, 4.69) is 32.6 Å². The predicted octanol–water partition coefficient (Wildman–Crippen LogP) is 4.63. The summed E-state index contributed by atoms with van der Waals surface area (Å²) in [6.07, 6.45) is 5.69. The van der Waals surface area contributed by atoms with Crippen LogP contribution in [0.4, 0.5) is 10.3 Å². The maximum absolute atomic E-state index is 13.9. The highest BCUT2D eigenvalue weighted by Crippen LogP contribution is 2.36. The van der Waals surface area contributed by atoms with Crippen molar-refractivity contribution in [1.82, 2.24) is 24.6 Å². The van der Waals surface area contributed by atoms with E-state index in [0.717, 1.165) is 12.0 Å². The van der Waals surface area contributed by atoms with Gasteiger partial charge in [-0.05, 0) is 41.8 Å². The summed E-state index contributed by atoms with van der Waals surface area (Å²) < 4.78 is 15.6. The summed E-state index contributed by atoms with van der Waals surface area (Å²) in [5, 5.41) is 11.8. The molecule has 0 aliphatic heterocycles. The molecule has 3 heterocycles. The topological polar surface area (TPSA) is 94.0 Å². The SMILES string of the molecule is N[C@H](CNc1nc(-c2ccncc2)c(-c2ccc(F)c(Cl)c2)c2nncn12)Cc1ccccc1. The molecule has 0 fully saturated rings. The lowest BCUT2D eigenvalue weighted by atomic mass is 10.0. The number of nitrogens with two attached hydrogens (primary N) is 1. The minimum Gasteiger partial charge on any atom is -0.354 e. The number of hydrogen-bond donors (Lipinski definition) is 2. The van der Waals surface area contributed by atoms with E-state index in [0.29, 0.717) is 35.0 Å². The van der Waals surface area contributed by atoms with Crippen molar-refractivity contribution in [3.05, 3.63) is 95.8 Å². The van der Waals surface area contributed by atoms with Crippen LogP contribution in [-0.2, 0) is 6.42 Å². The number of rotatable bonds is 7. The minimum atomic E-state index is -0.494. The molecule has 0 spiro atoms. The minimum absolute atomic E-state index is 0.0185. The van der Waals surface area contributed by atoms with Crippen LogP contribution in [0, 0.1) is 5.82 Å². The highest BCUT2D eigenvalue weighted by molar-refractivity contribution is 6.31. The maximum atomic E-state index is 13.9. The summed E-state index contributed by atoms with van der Waals surface area (Å²) in [6, 6.07) is 18.2. The van der Waals surface area contributed by atoms with E-state index >= 15 is 0 Å². The third-order valence-corrected chi connectivity index (χ3v) is 5.77. The summed E-state index contributed by atoms with van der Waals surface area (Å²) in [6.45, 7) is 0.493. The quantitative estimate of drug-likeness (QED) is 0.358. The van der Waals surface area contributed by atoms with Crippen LogP contribution in [0.15, 0.2) is 79.4 Å². The van der Waals surface area contributed by atoms with Gasteiger partial charge in [-0.25, -0.2) is 9.37 Å². The van der Waals surface area contributed by atoms with E-state index in [1.165, 1.54) is 11.6 Å². The molecule has 7 nitrogen and oxygen atoms in total. The molecule has 0 radical (unpaired) electrons. The van der Waals surface area contributed by atoms with Gasteiger partial charge in [0.2, 0.25) is 5.95 Å². The second kappa shape index (κ2) is 9.54. The molecule has 1 atom stereocenters. The van der Waals surface area contributed by atoms with Crippen molar-refractivity contribution in [2.45, 2.75) is 12.5 Å². The van der Waals surface area contributed by atoms with Gasteiger partial charge in [0, 0.05) is 30.5 Å². The Morgan fingerprint density at radius 3 is 2.59 bits per heavy atom. The molecule has 170 valence electrons. The van der Waals surface area contributed by atoms with Gasteiger partial charge in [-0.3, -0.25) is 9.38 Å². The van der Waals surface area contributed by atoms with Crippen LogP contribution in [0.1, 0.15) is 5.56 Å². The van der Waals surface area contributed by atoms with Crippen LogP contribution in [0.5, 0.6) is 0 Å². The molecule has 0 saturated heterocycles. The van der Waals surface area contributed by atoms with Crippen molar-refractivity contribution < 1.29 is 4.39 Å². The van der Waals surface area contributed by atoms with Crippen molar-refractivity contribution in [3.63, 3.8) is 0 Å². The molecule has 9 heteroatoms. The van der Waals surface area contributed by atoms with Gasteiger partial charge in [-0.1, -0.05) is 48.0 Å². The first kappa shape index (κ1) is 21.9. The average Bonchev–Trinajstić information content (AvgIpc) is 3.35. The Labute approximate surface area is 200 Å². The largest absolute Gasteiger partial charge is 0.354 e. The molecule has 0 bridgehead atoms. The molecule has 2 aromatic carbocycles. The molecule has 5 aromatic rings. The molecular formula is C25H21ClFN7. The van der Waals surface area contributed by atoms with Gasteiger partial charge < -0.3 is 11.1 Å². The molecule has 0 aliphatic carbocycles. The Hall–Kier alpha value is -3.88. The normalized spacial score (nSPS) is 12.1. The number of fused-ring (bicyclic) bond motifs is 1. The van der Waals surface area contributed by atoms with E-state index in [9.17, 15) is 4.39 Å². The number of benzene rings is 2. The van der Waals surface area contributed by atoms with E-state index in [-0.39, 0.29) is 11.1 Å². The van der Waals surface area contributed by atoms with E-state index < -0.39 is 5.82 Å². The smallest absolute Gasteiger partial charge is 0.210 e. The molecule has 0 saturated carbocycles. The molecule has 3 aromatic heterocycles. The highest BCUT2D eigenvalue weighted by Gasteiger charge is 2.20. The van der Waals surface area contributed by atoms with Gasteiger partial charge in [0.25, 0.3) is 0 Å². The zero-order valence-corrected chi connectivity index (χ0v) is 18.8. The van der Waals surface area contributed by atoms with Crippen molar-refractivity contribution in [1.29, 1.82) is 0 Å². The number of hydrogen-bond acceptors (Lipinski definition) is 6. The average molecular weight is 474 g/mol. The van der Waals surface area contributed by atoms with Crippen molar-refractivity contribution in [2.24, 2.45) is 5.73 Å². The third-order valence-electron chi connectivity index (χ3n) is 5.48. The molecule has 34 heavy (non-hydrogen) atoms. The van der Waals surface area contributed by atoms with Crippen molar-refractivity contribution in [3.8, 4) is 22.4 Å². The van der Waals surface area contributed by atoms with Gasteiger partial charge in [-0.2, -0.15) is 0 Å². The fraction of sp³-hybridized carbons (Fsp3) is 0.120.